The van der Waals surface area contributed by atoms with E-state index in [2.05, 4.69) is 4.98 Å². The van der Waals surface area contributed by atoms with Crippen LogP contribution in [0.2, 0.25) is 0 Å². The van der Waals surface area contributed by atoms with Crippen molar-refractivity contribution in [3.8, 4) is 10.6 Å². The number of aromatic nitrogens is 1. The summed E-state index contributed by atoms with van der Waals surface area (Å²) in [5.41, 5.74) is 1.85. The first-order valence-electron chi connectivity index (χ1n) is 7.58. The number of carbonyl (C=O) groups is 1. The van der Waals surface area contributed by atoms with Gasteiger partial charge < -0.3 is 5.11 Å². The van der Waals surface area contributed by atoms with Crippen LogP contribution in [0.4, 0.5) is 18.0 Å². The first kappa shape index (κ1) is 19.2. The molecule has 0 bridgehead atoms. The van der Waals surface area contributed by atoms with Crippen molar-refractivity contribution in [3.63, 3.8) is 0 Å². The topological polar surface area (TPSA) is 50.2 Å². The quantitative estimate of drug-likeness (QED) is 0.427. The summed E-state index contributed by atoms with van der Waals surface area (Å²) in [6, 6.07) is 10.9. The third kappa shape index (κ3) is 4.80. The maximum Gasteiger partial charge on any atom is 0.477 e. The molecular weight excluding hydrogens is 398 g/mol. The molecule has 133 valence electrons. The molecule has 0 amide bonds. The lowest BCUT2D eigenvalue weighted by Crippen LogP contribution is -2.03. The number of fused-ring (bicyclic) bond motifs is 1. The normalized spacial score (nSPS) is 11.7. The molecule has 0 fully saturated rings. The first-order valence-corrected chi connectivity index (χ1v) is 11.4. The van der Waals surface area contributed by atoms with E-state index in [1.807, 2.05) is 18.2 Å². The van der Waals surface area contributed by atoms with E-state index < -0.39 is 30.7 Å². The molecule has 0 aliphatic heterocycles. The van der Waals surface area contributed by atoms with Crippen LogP contribution in [0.1, 0.15) is 11.1 Å². The van der Waals surface area contributed by atoms with Gasteiger partial charge in [0.05, 0.1) is 15.8 Å². The van der Waals surface area contributed by atoms with E-state index in [1.165, 1.54) is 33.6 Å². The van der Waals surface area contributed by atoms with Crippen LogP contribution in [0, 0.1) is 0 Å². The minimum absolute atomic E-state index is 0.637. The molecule has 0 aliphatic carbocycles. The summed E-state index contributed by atoms with van der Waals surface area (Å²) in [5, 5.41) is 9.35. The van der Waals surface area contributed by atoms with E-state index in [4.69, 9.17) is 5.11 Å². The van der Waals surface area contributed by atoms with Crippen molar-refractivity contribution in [2.75, 3.05) is 5.75 Å². The predicted octanol–water partition coefficient (Wildman–Crippen LogP) is 5.56. The van der Waals surface area contributed by atoms with Crippen molar-refractivity contribution in [3.05, 3.63) is 53.6 Å². The highest BCUT2D eigenvalue weighted by molar-refractivity contribution is 8.24. The minimum atomic E-state index is -4.35. The average Bonchev–Trinajstić information content (AvgIpc) is 3.01. The Bertz CT molecular complexity index is 926. The fourth-order valence-electron chi connectivity index (χ4n) is 2.36. The highest BCUT2D eigenvalue weighted by atomic mass is 32.3. The summed E-state index contributed by atoms with van der Waals surface area (Å²) in [4.78, 5) is 14.3. The van der Waals surface area contributed by atoms with Crippen molar-refractivity contribution in [1.82, 2.24) is 4.98 Å². The molecule has 3 aromatic rings. The number of thiazole rings is 1. The van der Waals surface area contributed by atoms with E-state index in [9.17, 15) is 18.0 Å². The molecule has 1 heterocycles. The van der Waals surface area contributed by atoms with Crippen molar-refractivity contribution in [1.29, 1.82) is 0 Å². The van der Waals surface area contributed by atoms with Gasteiger partial charge >= 0.3 is 20.3 Å². The predicted molar refractivity (Wildman–Crippen MR) is 100.0 cm³/mol. The smallest absolute Gasteiger partial charge is 0.477 e. The zero-order valence-electron chi connectivity index (χ0n) is 13.3. The lowest BCUT2D eigenvalue weighted by Gasteiger charge is -2.06. The maximum atomic E-state index is 12.7. The minimum Gasteiger partial charge on any atom is -0.496 e. The zero-order valence-corrected chi connectivity index (χ0v) is 16.1. The Balaban J connectivity index is 1.75. The van der Waals surface area contributed by atoms with E-state index >= 15 is 0 Å². The van der Waals surface area contributed by atoms with Crippen LogP contribution < -0.4 is 0 Å². The van der Waals surface area contributed by atoms with Gasteiger partial charge in [-0.3, -0.25) is 14.9 Å². The van der Waals surface area contributed by atoms with Gasteiger partial charge in [-0.25, -0.2) is 4.98 Å². The number of halogens is 3. The van der Waals surface area contributed by atoms with Gasteiger partial charge in [-0.15, -0.1) is 11.3 Å². The zero-order chi connectivity index (χ0) is 18.7. The molecule has 0 aliphatic rings. The molecule has 0 saturated carbocycles. The Kier molecular flexibility index (Phi) is 5.93. The Morgan fingerprint density at radius 1 is 1.19 bits per heavy atom. The largest absolute Gasteiger partial charge is 0.496 e. The number of aryl methyl sites for hydroxylation is 1. The van der Waals surface area contributed by atoms with Gasteiger partial charge in [0, 0.05) is 5.56 Å². The molecule has 0 saturated heterocycles. The molecule has 3 nitrogen and oxygen atoms in total. The maximum absolute atomic E-state index is 12.7. The van der Waals surface area contributed by atoms with Gasteiger partial charge in [-0.05, 0) is 42.0 Å². The second-order valence-corrected chi connectivity index (χ2v) is 9.68. The SMILES string of the molecule is O=[C](O)[Al][S]CCc1ccc2sc(-c3ccc(C(F)(F)F)cc3)nc2c1. The molecule has 26 heavy (non-hydrogen) atoms. The van der Waals surface area contributed by atoms with Crippen molar-refractivity contribution < 1.29 is 23.1 Å². The summed E-state index contributed by atoms with van der Waals surface area (Å²) in [7, 11) is 1.44. The number of rotatable bonds is 6. The molecule has 0 spiro atoms. The molecule has 2 aromatic carbocycles. The fraction of sp³-hybridized carbons (Fsp3) is 0.176. The molecule has 0 atom stereocenters. The van der Waals surface area contributed by atoms with Gasteiger partial charge in [-0.1, -0.05) is 18.2 Å². The van der Waals surface area contributed by atoms with Crippen molar-refractivity contribution in [2.24, 2.45) is 0 Å². The molecule has 1 N–H and O–H groups in total. The van der Waals surface area contributed by atoms with Crippen molar-refractivity contribution >= 4 is 50.6 Å². The van der Waals surface area contributed by atoms with Gasteiger partial charge in [0.1, 0.15) is 5.01 Å². The van der Waals surface area contributed by atoms with Gasteiger partial charge in [-0.2, -0.15) is 13.2 Å². The number of hydrogen-bond donors (Lipinski definition) is 1. The summed E-state index contributed by atoms with van der Waals surface area (Å²) < 4.78 is 38.9. The van der Waals surface area contributed by atoms with Crippen LogP contribution in [0.3, 0.4) is 0 Å². The highest BCUT2D eigenvalue weighted by Crippen LogP contribution is 2.34. The van der Waals surface area contributed by atoms with Gasteiger partial charge in [0.2, 0.25) is 0 Å². The average molecular weight is 410 g/mol. The van der Waals surface area contributed by atoms with Crippen LogP contribution in [0.25, 0.3) is 20.8 Å². The number of carboxylic acid groups (broad SMARTS) is 1. The molecular formula is C17H12AlF3NO2S2. The second kappa shape index (κ2) is 8.01. The Labute approximate surface area is 161 Å². The third-order valence-corrected chi connectivity index (χ3v) is 7.31. The van der Waals surface area contributed by atoms with Crippen LogP contribution in [0.15, 0.2) is 42.5 Å². The number of nitrogens with zero attached hydrogens (tertiary/aromatic N) is 1. The third-order valence-electron chi connectivity index (χ3n) is 3.60. The van der Waals surface area contributed by atoms with Crippen LogP contribution in [-0.2, 0) is 12.6 Å². The standard InChI is InChI=1S/C16H12F3NS2.CHO2.Al/c17-16(18,19)12-4-2-11(3-5-12)15-20-13-9-10(7-8-21)1-6-14(13)22-15;2-1-3;/h1-6,9,21H,7-8H2;(H,2,3);/q;;+1/p-1. The van der Waals surface area contributed by atoms with E-state index in [1.54, 1.807) is 0 Å². The van der Waals surface area contributed by atoms with E-state index in [-0.39, 0.29) is 0 Å². The van der Waals surface area contributed by atoms with Gasteiger partial charge in [0.25, 0.3) is 0 Å². The lowest BCUT2D eigenvalue weighted by molar-refractivity contribution is -0.137. The van der Waals surface area contributed by atoms with E-state index in [0.717, 1.165) is 40.1 Å². The van der Waals surface area contributed by atoms with Crippen LogP contribution in [0.5, 0.6) is 0 Å². The summed E-state index contributed by atoms with van der Waals surface area (Å²) in [5.74, 6) is 0.739. The molecule has 0 unspecified atom stereocenters. The monoisotopic (exact) mass is 410 g/mol. The first-order chi connectivity index (χ1) is 12.3. The molecule has 1 aromatic heterocycles. The molecule has 3 rings (SSSR count). The second-order valence-electron chi connectivity index (χ2n) is 5.47. The summed E-state index contributed by atoms with van der Waals surface area (Å²) in [6.07, 6.45) is -3.59. The Hall–Kier alpha value is -1.53. The summed E-state index contributed by atoms with van der Waals surface area (Å²) in [6.45, 7) is 0. The molecule has 9 heteroatoms. The highest BCUT2D eigenvalue weighted by Gasteiger charge is 2.30. The van der Waals surface area contributed by atoms with E-state index in [0.29, 0.717) is 10.6 Å². The number of hydrogen-bond acceptors (Lipinski definition) is 4. The van der Waals surface area contributed by atoms with Crippen molar-refractivity contribution in [2.45, 2.75) is 12.6 Å². The Morgan fingerprint density at radius 2 is 1.92 bits per heavy atom. The number of benzene rings is 2. The summed E-state index contributed by atoms with van der Waals surface area (Å²) >= 11 is 0.796. The van der Waals surface area contributed by atoms with Gasteiger partial charge in [0.15, 0.2) is 4.83 Å². The molecule has 1 radical (unpaired) electrons. The Morgan fingerprint density at radius 3 is 2.58 bits per heavy atom. The van der Waals surface area contributed by atoms with Crippen LogP contribution in [-0.4, -0.2) is 34.8 Å². The number of alkyl halides is 3. The fourth-order valence-corrected chi connectivity index (χ4v) is 5.06. The lowest BCUT2D eigenvalue weighted by atomic mass is 10.1. The van der Waals surface area contributed by atoms with Crippen LogP contribution >= 0.6 is 21.5 Å².